The fourth-order valence-electron chi connectivity index (χ4n) is 4.09. The fraction of sp³-hybridized carbons (Fsp3) is 0.684. The van der Waals surface area contributed by atoms with E-state index in [-0.39, 0.29) is 11.3 Å². The van der Waals surface area contributed by atoms with Crippen molar-refractivity contribution in [1.82, 2.24) is 9.21 Å². The van der Waals surface area contributed by atoms with Crippen LogP contribution < -0.4 is 0 Å². The molecule has 1 aromatic carbocycles. The first kappa shape index (κ1) is 18.8. The number of nitrogens with zero attached hydrogens (tertiary/aromatic N) is 2. The monoisotopic (exact) mass is 368 g/mol. The smallest absolute Gasteiger partial charge is 0.218 e. The molecule has 0 amide bonds. The van der Waals surface area contributed by atoms with E-state index in [4.69, 9.17) is 0 Å². The standard InChI is InChI=1S/C19H29FN2O2S/c1-16-5-4-10-21(13-16)14-17-8-11-22(12-9-17)25(23,24)15-18-6-2-3-7-19(18)20/h2-3,6-7,16-17H,4-5,8-15H2,1H3/t16-/m0/s1. The highest BCUT2D eigenvalue weighted by atomic mass is 32.2. The van der Waals surface area contributed by atoms with E-state index in [1.165, 1.54) is 32.0 Å². The normalized spacial score (nSPS) is 24.5. The summed E-state index contributed by atoms with van der Waals surface area (Å²) in [6.07, 6.45) is 4.41. The number of rotatable bonds is 5. The molecule has 2 aliphatic rings. The van der Waals surface area contributed by atoms with Crippen LogP contribution in [-0.2, 0) is 15.8 Å². The van der Waals surface area contributed by atoms with Gasteiger partial charge in [-0.15, -0.1) is 0 Å². The van der Waals surface area contributed by atoms with Gasteiger partial charge in [-0.05, 0) is 50.1 Å². The molecule has 0 aromatic heterocycles. The molecular formula is C19H29FN2O2S. The zero-order valence-corrected chi connectivity index (χ0v) is 15.8. The summed E-state index contributed by atoms with van der Waals surface area (Å²) in [5.41, 5.74) is 0.256. The number of hydrogen-bond acceptors (Lipinski definition) is 3. The van der Waals surface area contributed by atoms with Gasteiger partial charge in [0.05, 0.1) is 5.75 Å². The Morgan fingerprint density at radius 1 is 1.12 bits per heavy atom. The van der Waals surface area contributed by atoms with Crippen molar-refractivity contribution in [2.75, 3.05) is 32.7 Å². The second kappa shape index (κ2) is 8.14. The van der Waals surface area contributed by atoms with Gasteiger partial charge in [0.15, 0.2) is 0 Å². The van der Waals surface area contributed by atoms with E-state index in [1.807, 2.05) is 0 Å². The number of likely N-dealkylation sites (tertiary alicyclic amines) is 1. The molecule has 1 atom stereocenters. The molecule has 0 radical (unpaired) electrons. The van der Waals surface area contributed by atoms with Crippen molar-refractivity contribution in [2.24, 2.45) is 11.8 Å². The third-order valence-corrected chi connectivity index (χ3v) is 7.35. The first-order valence-electron chi connectivity index (χ1n) is 9.37. The zero-order valence-electron chi connectivity index (χ0n) is 15.0. The minimum absolute atomic E-state index is 0.242. The predicted octanol–water partition coefficient (Wildman–Crippen LogP) is 3.10. The van der Waals surface area contributed by atoms with Crippen LogP contribution in [-0.4, -0.2) is 50.3 Å². The molecule has 2 fully saturated rings. The first-order chi connectivity index (χ1) is 11.9. The molecule has 3 rings (SSSR count). The summed E-state index contributed by atoms with van der Waals surface area (Å²) in [7, 11) is -3.44. The van der Waals surface area contributed by atoms with Crippen molar-refractivity contribution in [1.29, 1.82) is 0 Å². The highest BCUT2D eigenvalue weighted by molar-refractivity contribution is 7.88. The zero-order chi connectivity index (χ0) is 17.9. The Hall–Kier alpha value is -0.980. The number of halogens is 1. The molecule has 0 aliphatic carbocycles. The van der Waals surface area contributed by atoms with E-state index in [2.05, 4.69) is 11.8 Å². The summed E-state index contributed by atoms with van der Waals surface area (Å²) in [5.74, 6) is 0.661. The highest BCUT2D eigenvalue weighted by Gasteiger charge is 2.30. The number of hydrogen-bond donors (Lipinski definition) is 0. The Kier molecular flexibility index (Phi) is 6.12. The van der Waals surface area contributed by atoms with Crippen LogP contribution in [0.2, 0.25) is 0 Å². The van der Waals surface area contributed by atoms with Crippen LogP contribution in [0.25, 0.3) is 0 Å². The average Bonchev–Trinajstić information content (AvgIpc) is 2.57. The van der Waals surface area contributed by atoms with Crippen molar-refractivity contribution in [3.05, 3.63) is 35.6 Å². The summed E-state index contributed by atoms with van der Waals surface area (Å²) in [4.78, 5) is 2.54. The molecule has 4 nitrogen and oxygen atoms in total. The molecular weight excluding hydrogens is 339 g/mol. The second-order valence-corrected chi connectivity index (χ2v) is 9.67. The van der Waals surface area contributed by atoms with Gasteiger partial charge in [0, 0.05) is 31.7 Å². The fourth-order valence-corrected chi connectivity index (χ4v) is 5.67. The van der Waals surface area contributed by atoms with Crippen LogP contribution in [0, 0.1) is 17.7 Å². The van der Waals surface area contributed by atoms with Gasteiger partial charge in [0.1, 0.15) is 5.82 Å². The molecule has 2 saturated heterocycles. The van der Waals surface area contributed by atoms with Gasteiger partial charge in [0.2, 0.25) is 10.0 Å². The van der Waals surface area contributed by atoms with Crippen molar-refractivity contribution in [2.45, 2.75) is 38.4 Å². The van der Waals surface area contributed by atoms with Crippen LogP contribution >= 0.6 is 0 Å². The molecule has 0 spiro atoms. The van der Waals surface area contributed by atoms with E-state index < -0.39 is 15.8 Å². The van der Waals surface area contributed by atoms with Crippen molar-refractivity contribution in [3.63, 3.8) is 0 Å². The topological polar surface area (TPSA) is 40.6 Å². The Balaban J connectivity index is 1.52. The van der Waals surface area contributed by atoms with Crippen LogP contribution in [0.5, 0.6) is 0 Å². The summed E-state index contributed by atoms with van der Waals surface area (Å²) in [5, 5.41) is 0. The maximum atomic E-state index is 13.8. The summed E-state index contributed by atoms with van der Waals surface area (Å²) in [6.45, 7) is 6.87. The molecule has 2 heterocycles. The first-order valence-corrected chi connectivity index (χ1v) is 11.0. The lowest BCUT2D eigenvalue weighted by Gasteiger charge is -2.37. The second-order valence-electron chi connectivity index (χ2n) is 7.70. The van der Waals surface area contributed by atoms with Gasteiger partial charge in [-0.1, -0.05) is 25.1 Å². The maximum Gasteiger partial charge on any atom is 0.218 e. The molecule has 25 heavy (non-hydrogen) atoms. The lowest BCUT2D eigenvalue weighted by Crippen LogP contribution is -2.43. The summed E-state index contributed by atoms with van der Waals surface area (Å²) >= 11 is 0. The number of sulfonamides is 1. The molecule has 1 aromatic rings. The van der Waals surface area contributed by atoms with Crippen molar-refractivity contribution < 1.29 is 12.8 Å². The Morgan fingerprint density at radius 3 is 2.52 bits per heavy atom. The van der Waals surface area contributed by atoms with E-state index in [9.17, 15) is 12.8 Å². The van der Waals surface area contributed by atoms with Crippen LogP contribution in [0.3, 0.4) is 0 Å². The minimum Gasteiger partial charge on any atom is -0.303 e. The highest BCUT2D eigenvalue weighted by Crippen LogP contribution is 2.25. The molecule has 0 N–H and O–H groups in total. The Labute approximate surface area is 151 Å². The summed E-state index contributed by atoms with van der Waals surface area (Å²) < 4.78 is 40.5. The van der Waals surface area contributed by atoms with Gasteiger partial charge in [-0.2, -0.15) is 0 Å². The lowest BCUT2D eigenvalue weighted by molar-refractivity contribution is 0.136. The number of piperidine rings is 2. The maximum absolute atomic E-state index is 13.8. The van der Waals surface area contributed by atoms with Crippen LogP contribution in [0.15, 0.2) is 24.3 Å². The Morgan fingerprint density at radius 2 is 1.84 bits per heavy atom. The van der Waals surface area contributed by atoms with Gasteiger partial charge in [-0.25, -0.2) is 17.1 Å². The molecule has 0 bridgehead atoms. The molecule has 140 valence electrons. The average molecular weight is 369 g/mol. The molecule has 6 heteroatoms. The van der Waals surface area contributed by atoms with Crippen molar-refractivity contribution >= 4 is 10.0 Å². The van der Waals surface area contributed by atoms with E-state index in [0.717, 1.165) is 25.3 Å². The van der Waals surface area contributed by atoms with E-state index in [1.54, 1.807) is 22.5 Å². The quantitative estimate of drug-likeness (QED) is 0.802. The van der Waals surface area contributed by atoms with Crippen LogP contribution in [0.4, 0.5) is 4.39 Å². The Bertz CT molecular complexity index is 672. The minimum atomic E-state index is -3.44. The third kappa shape index (κ3) is 5.02. The summed E-state index contributed by atoms with van der Waals surface area (Å²) in [6, 6.07) is 6.13. The molecule has 2 aliphatic heterocycles. The van der Waals surface area contributed by atoms with Gasteiger partial charge in [-0.3, -0.25) is 0 Å². The SMILES string of the molecule is C[C@H]1CCCN(CC2CCN(S(=O)(=O)Cc3ccccc3F)CC2)C1. The predicted molar refractivity (Wildman–Crippen MR) is 98.2 cm³/mol. The molecule has 0 saturated carbocycles. The van der Waals surface area contributed by atoms with Gasteiger partial charge < -0.3 is 4.90 Å². The van der Waals surface area contributed by atoms with Gasteiger partial charge >= 0.3 is 0 Å². The van der Waals surface area contributed by atoms with E-state index >= 15 is 0 Å². The lowest BCUT2D eigenvalue weighted by atomic mass is 9.94. The largest absolute Gasteiger partial charge is 0.303 e. The third-order valence-electron chi connectivity index (χ3n) is 5.52. The van der Waals surface area contributed by atoms with Gasteiger partial charge in [0.25, 0.3) is 0 Å². The number of benzene rings is 1. The molecule has 0 unspecified atom stereocenters. The van der Waals surface area contributed by atoms with E-state index in [0.29, 0.717) is 19.0 Å². The van der Waals surface area contributed by atoms with Crippen molar-refractivity contribution in [3.8, 4) is 0 Å². The van der Waals surface area contributed by atoms with Crippen LogP contribution in [0.1, 0.15) is 38.2 Å².